The Balaban J connectivity index is 1.61. The minimum atomic E-state index is 0.189. The Morgan fingerprint density at radius 1 is 1.07 bits per heavy atom. The molecule has 2 aliphatic carbocycles. The van der Waals surface area contributed by atoms with Gasteiger partial charge in [0, 0.05) is 0 Å². The lowest BCUT2D eigenvalue weighted by Gasteiger charge is -2.41. The van der Waals surface area contributed by atoms with E-state index in [9.17, 15) is 0 Å². The van der Waals surface area contributed by atoms with Gasteiger partial charge in [0.1, 0.15) is 6.79 Å². The van der Waals surface area contributed by atoms with Gasteiger partial charge in [-0.3, -0.25) is 0 Å². The second-order valence-electron chi connectivity index (χ2n) is 5.08. The van der Waals surface area contributed by atoms with Crippen molar-refractivity contribution < 1.29 is 9.47 Å². The summed E-state index contributed by atoms with van der Waals surface area (Å²) in [6.07, 6.45) is 12.0. The maximum Gasteiger partial charge on any atom is 0.147 e. The summed E-state index contributed by atoms with van der Waals surface area (Å²) in [5.41, 5.74) is 0.189. The van der Waals surface area contributed by atoms with Gasteiger partial charge in [-0.05, 0) is 38.5 Å². The highest BCUT2D eigenvalue weighted by Gasteiger charge is 2.36. The van der Waals surface area contributed by atoms with Crippen LogP contribution in [0.15, 0.2) is 0 Å². The first-order chi connectivity index (χ1) is 7.35. The fourth-order valence-electron chi connectivity index (χ4n) is 2.66. The fraction of sp³-hybridized carbons (Fsp3) is 1.00. The van der Waals surface area contributed by atoms with Crippen molar-refractivity contribution in [2.75, 3.05) is 6.79 Å². The van der Waals surface area contributed by atoms with Crippen molar-refractivity contribution in [3.63, 3.8) is 0 Å². The van der Waals surface area contributed by atoms with Crippen LogP contribution in [0, 0.1) is 0 Å². The van der Waals surface area contributed by atoms with E-state index in [1.54, 1.807) is 0 Å². The van der Waals surface area contributed by atoms with Gasteiger partial charge in [-0.2, -0.15) is 0 Å². The molecule has 0 saturated heterocycles. The molecule has 2 rings (SSSR count). The summed E-state index contributed by atoms with van der Waals surface area (Å²) in [7, 11) is 0. The zero-order valence-electron chi connectivity index (χ0n) is 9.96. The second kappa shape index (κ2) is 5.31. The fourth-order valence-corrected chi connectivity index (χ4v) is 2.66. The Labute approximate surface area is 93.3 Å². The Kier molecular flexibility index (Phi) is 4.04. The molecule has 2 heteroatoms. The molecule has 0 atom stereocenters. The average molecular weight is 212 g/mol. The molecular formula is C13H24O2. The second-order valence-corrected chi connectivity index (χ2v) is 5.08. The summed E-state index contributed by atoms with van der Waals surface area (Å²) in [5, 5.41) is 0. The van der Waals surface area contributed by atoms with E-state index in [1.807, 2.05) is 0 Å². The number of rotatable bonds is 5. The van der Waals surface area contributed by atoms with Crippen molar-refractivity contribution in [1.29, 1.82) is 0 Å². The average Bonchev–Trinajstić information content (AvgIpc) is 2.24. The van der Waals surface area contributed by atoms with E-state index in [-0.39, 0.29) is 5.60 Å². The smallest absolute Gasteiger partial charge is 0.147 e. The summed E-state index contributed by atoms with van der Waals surface area (Å²) in [4.78, 5) is 0. The molecule has 0 heterocycles. The summed E-state index contributed by atoms with van der Waals surface area (Å²) in [6, 6.07) is 0. The molecule has 0 aromatic rings. The maximum atomic E-state index is 5.90. The highest BCUT2D eigenvalue weighted by molar-refractivity contribution is 4.87. The summed E-state index contributed by atoms with van der Waals surface area (Å²) in [6.45, 7) is 2.75. The van der Waals surface area contributed by atoms with Crippen LogP contribution in [0.4, 0.5) is 0 Å². The molecule has 2 nitrogen and oxygen atoms in total. The van der Waals surface area contributed by atoms with E-state index >= 15 is 0 Å². The van der Waals surface area contributed by atoms with Gasteiger partial charge in [-0.25, -0.2) is 0 Å². The van der Waals surface area contributed by atoms with E-state index < -0.39 is 0 Å². The van der Waals surface area contributed by atoms with Gasteiger partial charge in [-0.15, -0.1) is 0 Å². The highest BCUT2D eigenvalue weighted by atomic mass is 16.7. The third-order valence-electron chi connectivity index (χ3n) is 4.13. The molecule has 88 valence electrons. The SMILES string of the molecule is CCC1(OCOC2CCCCC2)CCC1. The zero-order valence-corrected chi connectivity index (χ0v) is 9.96. The maximum absolute atomic E-state index is 5.90. The highest BCUT2D eigenvalue weighted by Crippen LogP contribution is 2.38. The predicted molar refractivity (Wildman–Crippen MR) is 60.8 cm³/mol. The number of hydrogen-bond acceptors (Lipinski definition) is 2. The Bertz CT molecular complexity index is 175. The van der Waals surface area contributed by atoms with E-state index in [0.717, 1.165) is 6.42 Å². The lowest BCUT2D eigenvalue weighted by Crippen LogP contribution is -2.40. The minimum absolute atomic E-state index is 0.189. The van der Waals surface area contributed by atoms with E-state index in [4.69, 9.17) is 9.47 Å². The van der Waals surface area contributed by atoms with Crippen molar-refractivity contribution in [3.8, 4) is 0 Å². The van der Waals surface area contributed by atoms with Crippen molar-refractivity contribution in [2.45, 2.75) is 76.4 Å². The van der Waals surface area contributed by atoms with Crippen LogP contribution in [0.3, 0.4) is 0 Å². The molecule has 0 radical (unpaired) electrons. The monoisotopic (exact) mass is 212 g/mol. The van der Waals surface area contributed by atoms with Gasteiger partial charge < -0.3 is 9.47 Å². The van der Waals surface area contributed by atoms with Crippen molar-refractivity contribution in [2.24, 2.45) is 0 Å². The molecule has 2 aliphatic rings. The lowest BCUT2D eigenvalue weighted by molar-refractivity contribution is -0.193. The Morgan fingerprint density at radius 3 is 2.33 bits per heavy atom. The first-order valence-corrected chi connectivity index (χ1v) is 6.60. The van der Waals surface area contributed by atoms with Gasteiger partial charge >= 0.3 is 0 Å². The molecule has 0 amide bonds. The largest absolute Gasteiger partial charge is 0.352 e. The molecule has 2 fully saturated rings. The molecule has 0 unspecified atom stereocenters. The van der Waals surface area contributed by atoms with E-state index in [1.165, 1.54) is 51.4 Å². The first kappa shape index (κ1) is 11.4. The van der Waals surface area contributed by atoms with Crippen LogP contribution in [-0.4, -0.2) is 18.5 Å². The third kappa shape index (κ3) is 2.94. The summed E-state index contributed by atoms with van der Waals surface area (Å²) in [5.74, 6) is 0. The summed E-state index contributed by atoms with van der Waals surface area (Å²) >= 11 is 0. The molecule has 0 aromatic carbocycles. The van der Waals surface area contributed by atoms with Crippen LogP contribution in [-0.2, 0) is 9.47 Å². The third-order valence-corrected chi connectivity index (χ3v) is 4.13. The van der Waals surface area contributed by atoms with E-state index in [0.29, 0.717) is 12.9 Å². The molecular weight excluding hydrogens is 188 g/mol. The van der Waals surface area contributed by atoms with Crippen molar-refractivity contribution >= 4 is 0 Å². The molecule has 0 spiro atoms. The standard InChI is InChI=1S/C13H24O2/c1-2-13(9-6-10-13)15-11-14-12-7-4-3-5-8-12/h12H,2-11H2,1H3. The minimum Gasteiger partial charge on any atom is -0.352 e. The van der Waals surface area contributed by atoms with E-state index in [2.05, 4.69) is 6.92 Å². The van der Waals surface area contributed by atoms with Crippen LogP contribution in [0.25, 0.3) is 0 Å². The first-order valence-electron chi connectivity index (χ1n) is 6.60. The van der Waals surface area contributed by atoms with Crippen LogP contribution in [0.1, 0.15) is 64.7 Å². The molecule has 15 heavy (non-hydrogen) atoms. The van der Waals surface area contributed by atoms with Crippen LogP contribution in [0.5, 0.6) is 0 Å². The topological polar surface area (TPSA) is 18.5 Å². The van der Waals surface area contributed by atoms with Gasteiger partial charge in [0.15, 0.2) is 0 Å². The Hall–Kier alpha value is -0.0800. The molecule has 0 aliphatic heterocycles. The van der Waals surface area contributed by atoms with Gasteiger partial charge in [0.25, 0.3) is 0 Å². The summed E-state index contributed by atoms with van der Waals surface area (Å²) < 4.78 is 11.7. The van der Waals surface area contributed by atoms with Gasteiger partial charge in [0.05, 0.1) is 11.7 Å². The molecule has 0 N–H and O–H groups in total. The lowest BCUT2D eigenvalue weighted by atomic mass is 9.78. The number of ether oxygens (including phenoxy) is 2. The van der Waals surface area contributed by atoms with Crippen molar-refractivity contribution in [3.05, 3.63) is 0 Å². The van der Waals surface area contributed by atoms with Gasteiger partial charge in [0.2, 0.25) is 0 Å². The Morgan fingerprint density at radius 2 is 1.80 bits per heavy atom. The normalized spacial score (nSPS) is 26.2. The number of hydrogen-bond donors (Lipinski definition) is 0. The van der Waals surface area contributed by atoms with Crippen LogP contribution in [0.2, 0.25) is 0 Å². The zero-order chi connectivity index (χ0) is 10.6. The van der Waals surface area contributed by atoms with Crippen molar-refractivity contribution in [1.82, 2.24) is 0 Å². The molecule has 0 bridgehead atoms. The van der Waals surface area contributed by atoms with Crippen LogP contribution >= 0.6 is 0 Å². The predicted octanol–water partition coefficient (Wildman–Crippen LogP) is 3.64. The molecule has 0 aromatic heterocycles. The van der Waals surface area contributed by atoms with Gasteiger partial charge in [-0.1, -0.05) is 26.2 Å². The van der Waals surface area contributed by atoms with Crippen LogP contribution < -0.4 is 0 Å². The molecule has 2 saturated carbocycles. The quantitative estimate of drug-likeness (QED) is 0.648.